The second kappa shape index (κ2) is 8.36. The van der Waals surface area contributed by atoms with Gasteiger partial charge in [0.1, 0.15) is 12.2 Å². The minimum Gasteiger partial charge on any atom is -0.357 e. The Hall–Kier alpha value is -2.68. The summed E-state index contributed by atoms with van der Waals surface area (Å²) in [5, 5.41) is 4.99. The summed E-state index contributed by atoms with van der Waals surface area (Å²) in [6.07, 6.45) is 3.70. The topological polar surface area (TPSA) is 98.4 Å². The molecule has 2 aliphatic rings. The zero-order valence-corrected chi connectivity index (χ0v) is 17.2. The van der Waals surface area contributed by atoms with E-state index < -0.39 is 0 Å². The number of H-pyrrole nitrogens is 1. The van der Waals surface area contributed by atoms with Gasteiger partial charge in [0.25, 0.3) is 5.91 Å². The van der Waals surface area contributed by atoms with Crippen LogP contribution in [0.25, 0.3) is 0 Å². The highest BCUT2D eigenvalue weighted by Crippen LogP contribution is 2.35. The molecule has 2 aromatic rings. The lowest BCUT2D eigenvalue weighted by Crippen LogP contribution is -2.57. The summed E-state index contributed by atoms with van der Waals surface area (Å²) in [7, 11) is 0. The van der Waals surface area contributed by atoms with Crippen molar-refractivity contribution in [3.05, 3.63) is 40.6 Å². The molecule has 0 aromatic carbocycles. The van der Waals surface area contributed by atoms with Gasteiger partial charge in [-0.2, -0.15) is 0 Å². The van der Waals surface area contributed by atoms with Crippen LogP contribution in [0.4, 0.5) is 0 Å². The first-order valence-corrected chi connectivity index (χ1v) is 10.9. The van der Waals surface area contributed by atoms with Crippen molar-refractivity contribution in [1.29, 1.82) is 0 Å². The standard InChI is InChI=1S/C20H25N5O3S/c1-2-17-15(19(27)22-7-5-13-11-29-12-23-13)8-14-9-24(10-18(26)25(14)17)20(28)16-4-3-6-21-16/h3-4,6,11-12,14-15,17,21H,2,5,7-10H2,1H3,(H,22,27)/t14-,15-,17-/m0/s1. The van der Waals surface area contributed by atoms with E-state index in [0.29, 0.717) is 31.6 Å². The number of amides is 3. The average molecular weight is 416 g/mol. The number of hydrogen-bond donors (Lipinski definition) is 2. The summed E-state index contributed by atoms with van der Waals surface area (Å²) in [6, 6.07) is 3.24. The van der Waals surface area contributed by atoms with Crippen LogP contribution in [0.15, 0.2) is 29.2 Å². The van der Waals surface area contributed by atoms with E-state index in [9.17, 15) is 14.4 Å². The van der Waals surface area contributed by atoms with Gasteiger partial charge in [-0.3, -0.25) is 14.4 Å². The zero-order chi connectivity index (χ0) is 20.4. The van der Waals surface area contributed by atoms with E-state index in [0.717, 1.165) is 12.1 Å². The third-order valence-corrected chi connectivity index (χ3v) is 6.46. The summed E-state index contributed by atoms with van der Waals surface area (Å²) >= 11 is 1.54. The lowest BCUT2D eigenvalue weighted by Gasteiger charge is -2.39. The highest BCUT2D eigenvalue weighted by atomic mass is 32.1. The number of fused-ring (bicyclic) bond motifs is 1. The van der Waals surface area contributed by atoms with E-state index in [1.165, 1.54) is 0 Å². The van der Waals surface area contributed by atoms with Crippen molar-refractivity contribution < 1.29 is 14.4 Å². The number of nitrogens with one attached hydrogen (secondary N) is 2. The van der Waals surface area contributed by atoms with Gasteiger partial charge in [0.05, 0.1) is 23.2 Å². The van der Waals surface area contributed by atoms with Gasteiger partial charge in [0.2, 0.25) is 11.8 Å². The van der Waals surface area contributed by atoms with E-state index in [4.69, 9.17) is 0 Å². The molecule has 154 valence electrons. The smallest absolute Gasteiger partial charge is 0.270 e. The molecule has 0 aliphatic carbocycles. The summed E-state index contributed by atoms with van der Waals surface area (Å²) in [5.74, 6) is -0.514. The van der Waals surface area contributed by atoms with Crippen LogP contribution in [0, 0.1) is 5.92 Å². The Morgan fingerprint density at radius 3 is 2.97 bits per heavy atom. The molecule has 2 aliphatic heterocycles. The van der Waals surface area contributed by atoms with Gasteiger partial charge in [-0.1, -0.05) is 6.92 Å². The second-order valence-electron chi connectivity index (χ2n) is 7.56. The minimum atomic E-state index is -0.245. The van der Waals surface area contributed by atoms with E-state index in [1.807, 2.05) is 17.2 Å². The fraction of sp³-hybridized carbons (Fsp3) is 0.500. The van der Waals surface area contributed by atoms with Crippen LogP contribution in [0.2, 0.25) is 0 Å². The lowest BCUT2D eigenvalue weighted by molar-refractivity contribution is -0.139. The third-order valence-electron chi connectivity index (χ3n) is 5.82. The van der Waals surface area contributed by atoms with Gasteiger partial charge >= 0.3 is 0 Å². The first-order valence-electron chi connectivity index (χ1n) is 9.97. The maximum atomic E-state index is 12.9. The average Bonchev–Trinajstić information content (AvgIpc) is 3.47. The fourth-order valence-electron chi connectivity index (χ4n) is 4.50. The van der Waals surface area contributed by atoms with Crippen LogP contribution in [0.5, 0.6) is 0 Å². The minimum absolute atomic E-state index is 0.0171. The Kier molecular flexibility index (Phi) is 5.66. The Morgan fingerprint density at radius 1 is 1.41 bits per heavy atom. The van der Waals surface area contributed by atoms with Crippen LogP contribution in [-0.4, -0.2) is 69.2 Å². The van der Waals surface area contributed by atoms with Crippen LogP contribution < -0.4 is 5.32 Å². The van der Waals surface area contributed by atoms with Crippen molar-refractivity contribution in [2.24, 2.45) is 5.92 Å². The Balaban J connectivity index is 1.40. The molecule has 9 heteroatoms. The number of hydrogen-bond acceptors (Lipinski definition) is 5. The van der Waals surface area contributed by atoms with Gasteiger partial charge in [-0.05, 0) is 25.0 Å². The molecule has 4 heterocycles. The summed E-state index contributed by atoms with van der Waals surface area (Å²) < 4.78 is 0. The van der Waals surface area contributed by atoms with Crippen molar-refractivity contribution >= 4 is 29.1 Å². The Labute approximate surface area is 173 Å². The number of nitrogens with zero attached hydrogens (tertiary/aromatic N) is 3. The Bertz CT molecular complexity index is 867. The molecule has 4 rings (SSSR count). The van der Waals surface area contributed by atoms with Gasteiger partial charge < -0.3 is 20.1 Å². The number of aromatic nitrogens is 2. The molecule has 2 saturated heterocycles. The number of piperazine rings is 1. The van der Waals surface area contributed by atoms with E-state index in [2.05, 4.69) is 15.3 Å². The third kappa shape index (κ3) is 3.91. The van der Waals surface area contributed by atoms with Gasteiger partial charge in [0.15, 0.2) is 0 Å². The quantitative estimate of drug-likeness (QED) is 0.743. The van der Waals surface area contributed by atoms with E-state index in [-0.39, 0.29) is 42.3 Å². The van der Waals surface area contributed by atoms with Crippen molar-refractivity contribution in [3.8, 4) is 0 Å². The second-order valence-corrected chi connectivity index (χ2v) is 8.28. The number of aromatic amines is 1. The molecule has 3 amide bonds. The van der Waals surface area contributed by atoms with Gasteiger partial charge in [-0.15, -0.1) is 11.3 Å². The molecule has 8 nitrogen and oxygen atoms in total. The summed E-state index contributed by atoms with van der Waals surface area (Å²) in [6.45, 7) is 3.06. The molecular formula is C20H25N5O3S. The largest absolute Gasteiger partial charge is 0.357 e. The van der Waals surface area contributed by atoms with Crippen molar-refractivity contribution in [2.45, 2.75) is 38.3 Å². The zero-order valence-electron chi connectivity index (χ0n) is 16.3. The van der Waals surface area contributed by atoms with E-state index >= 15 is 0 Å². The number of carbonyl (C=O) groups excluding carboxylic acids is 3. The molecule has 0 bridgehead atoms. The first-order chi connectivity index (χ1) is 14.1. The molecule has 0 radical (unpaired) electrons. The number of thiazole rings is 1. The van der Waals surface area contributed by atoms with Gasteiger partial charge in [0, 0.05) is 37.1 Å². The maximum Gasteiger partial charge on any atom is 0.270 e. The number of rotatable bonds is 6. The first kappa shape index (κ1) is 19.6. The van der Waals surface area contributed by atoms with Crippen LogP contribution in [0.3, 0.4) is 0 Å². The predicted molar refractivity (Wildman–Crippen MR) is 108 cm³/mol. The summed E-state index contributed by atoms with van der Waals surface area (Å²) in [5.41, 5.74) is 3.23. The molecule has 0 saturated carbocycles. The summed E-state index contributed by atoms with van der Waals surface area (Å²) in [4.78, 5) is 48.9. The molecule has 29 heavy (non-hydrogen) atoms. The molecule has 2 fully saturated rings. The maximum absolute atomic E-state index is 12.9. The highest BCUT2D eigenvalue weighted by Gasteiger charge is 2.49. The monoisotopic (exact) mass is 415 g/mol. The molecule has 3 atom stereocenters. The normalized spacial score (nSPS) is 23.9. The SMILES string of the molecule is CC[C@H]1[C@@H](C(=O)NCCc2cscn2)C[C@H]2CN(C(=O)c3ccc[nH]3)CC(=O)N21. The fourth-order valence-corrected chi connectivity index (χ4v) is 5.09. The lowest BCUT2D eigenvalue weighted by atomic mass is 9.96. The predicted octanol–water partition coefficient (Wildman–Crippen LogP) is 1.28. The van der Waals surface area contributed by atoms with Gasteiger partial charge in [-0.25, -0.2) is 4.98 Å². The number of carbonyl (C=O) groups is 3. The molecule has 0 spiro atoms. The molecule has 2 N–H and O–H groups in total. The molecular weight excluding hydrogens is 390 g/mol. The Morgan fingerprint density at radius 2 is 2.28 bits per heavy atom. The van der Waals surface area contributed by atoms with E-state index in [1.54, 1.807) is 40.1 Å². The van der Waals surface area contributed by atoms with Crippen LogP contribution in [0.1, 0.15) is 35.9 Å². The van der Waals surface area contributed by atoms with Crippen LogP contribution in [-0.2, 0) is 16.0 Å². The molecule has 0 unspecified atom stereocenters. The van der Waals surface area contributed by atoms with Crippen molar-refractivity contribution in [3.63, 3.8) is 0 Å². The highest BCUT2D eigenvalue weighted by molar-refractivity contribution is 7.07. The van der Waals surface area contributed by atoms with Crippen LogP contribution >= 0.6 is 11.3 Å². The molecule has 2 aromatic heterocycles. The van der Waals surface area contributed by atoms with Crippen molar-refractivity contribution in [2.75, 3.05) is 19.6 Å². The van der Waals surface area contributed by atoms with Crippen molar-refractivity contribution in [1.82, 2.24) is 25.1 Å².